The Morgan fingerprint density at radius 1 is 1.18 bits per heavy atom. The third-order valence-electron chi connectivity index (χ3n) is 6.54. The lowest BCUT2D eigenvalue weighted by Crippen LogP contribution is -2.26. The number of carbonyl (C=O) groups is 1. The fraction of sp³-hybridized carbons (Fsp3) is 0.423. The van der Waals surface area contributed by atoms with E-state index < -0.39 is 10.0 Å². The number of esters is 1. The highest BCUT2D eigenvalue weighted by Crippen LogP contribution is 2.37. The molecular formula is C26H30Cl2N4O5S2. The smallest absolute Gasteiger partial charge is 0.308 e. The van der Waals surface area contributed by atoms with E-state index in [0.717, 1.165) is 47.9 Å². The molecule has 0 amide bonds. The average molecular weight is 614 g/mol. The highest BCUT2D eigenvalue weighted by Gasteiger charge is 2.28. The summed E-state index contributed by atoms with van der Waals surface area (Å²) in [5, 5.41) is 4.70. The normalized spacial score (nSPS) is 17.5. The maximum absolute atomic E-state index is 13.3. The molecule has 1 saturated carbocycles. The number of pyridine rings is 1. The minimum absolute atomic E-state index is 0.00633. The number of anilines is 2. The van der Waals surface area contributed by atoms with Crippen LogP contribution < -0.4 is 14.8 Å². The number of aromatic nitrogens is 2. The van der Waals surface area contributed by atoms with Gasteiger partial charge in [-0.3, -0.25) is 9.52 Å². The Kier molecular flexibility index (Phi) is 9.58. The van der Waals surface area contributed by atoms with Crippen molar-refractivity contribution in [3.8, 4) is 16.3 Å². The molecule has 39 heavy (non-hydrogen) atoms. The zero-order valence-electron chi connectivity index (χ0n) is 21.8. The fourth-order valence-electron chi connectivity index (χ4n) is 4.51. The number of methoxy groups -OCH3 is 1. The van der Waals surface area contributed by atoms with Crippen molar-refractivity contribution in [1.29, 1.82) is 0 Å². The van der Waals surface area contributed by atoms with E-state index in [1.165, 1.54) is 36.6 Å². The molecule has 0 aliphatic heterocycles. The van der Waals surface area contributed by atoms with E-state index in [1.807, 2.05) is 13.8 Å². The molecule has 0 radical (unpaired) electrons. The Balaban J connectivity index is 1.48. The number of halogens is 2. The van der Waals surface area contributed by atoms with Crippen molar-refractivity contribution in [3.05, 3.63) is 46.2 Å². The summed E-state index contributed by atoms with van der Waals surface area (Å²) in [7, 11) is -2.74. The van der Waals surface area contributed by atoms with Gasteiger partial charge in [-0.1, -0.05) is 34.5 Å². The lowest BCUT2D eigenvalue weighted by Gasteiger charge is -2.27. The standard InChI is InChI=1S/C26H30Cl2N4O5S2/c1-4-37-25(33)17-7-5-16(6-8-17)13-30-26-31-15(2)23(38-26)18-11-22(24(36-3)29-14-18)39(34,35)32-21-10-9-19(27)12-20(21)28/h9-12,14,16-17,32H,4-8,13H2,1-3H3,(H,30,31)/t16-,17-. The van der Waals surface area contributed by atoms with E-state index in [2.05, 4.69) is 20.0 Å². The number of rotatable bonds is 10. The molecule has 2 N–H and O–H groups in total. The largest absolute Gasteiger partial charge is 0.480 e. The number of benzene rings is 1. The number of thiazole rings is 1. The van der Waals surface area contributed by atoms with Gasteiger partial charge >= 0.3 is 5.97 Å². The molecule has 3 aromatic rings. The second-order valence-corrected chi connectivity index (χ2v) is 12.7. The van der Waals surface area contributed by atoms with Crippen molar-refractivity contribution in [2.75, 3.05) is 30.3 Å². The number of aryl methyl sites for hydroxylation is 1. The van der Waals surface area contributed by atoms with Crippen LogP contribution in [0.1, 0.15) is 38.3 Å². The van der Waals surface area contributed by atoms with E-state index in [1.54, 1.807) is 12.3 Å². The molecule has 1 aliphatic carbocycles. The van der Waals surface area contributed by atoms with Gasteiger partial charge in [-0.25, -0.2) is 18.4 Å². The summed E-state index contributed by atoms with van der Waals surface area (Å²) in [6.45, 7) is 4.85. The van der Waals surface area contributed by atoms with Gasteiger partial charge in [-0.05, 0) is 69.7 Å². The first-order valence-corrected chi connectivity index (χ1v) is 15.6. The third kappa shape index (κ3) is 7.13. The van der Waals surface area contributed by atoms with Gasteiger partial charge in [0.15, 0.2) is 5.13 Å². The fourth-order valence-corrected chi connectivity index (χ4v) is 7.20. The van der Waals surface area contributed by atoms with Crippen molar-refractivity contribution in [2.24, 2.45) is 11.8 Å². The van der Waals surface area contributed by atoms with Gasteiger partial charge in [0.1, 0.15) is 4.90 Å². The molecule has 4 rings (SSSR count). The second-order valence-electron chi connectivity index (χ2n) is 9.25. The molecule has 2 aromatic heterocycles. The van der Waals surface area contributed by atoms with Crippen LogP contribution in [0.4, 0.5) is 10.8 Å². The number of sulfonamides is 1. The minimum atomic E-state index is -4.10. The number of carbonyl (C=O) groups excluding carboxylic acids is 1. The molecule has 0 saturated heterocycles. The summed E-state index contributed by atoms with van der Waals surface area (Å²) in [6, 6.07) is 5.99. The summed E-state index contributed by atoms with van der Waals surface area (Å²) >= 11 is 13.5. The van der Waals surface area contributed by atoms with Crippen LogP contribution in [0.3, 0.4) is 0 Å². The summed E-state index contributed by atoms with van der Waals surface area (Å²) in [5.41, 5.74) is 1.53. The molecule has 1 aliphatic rings. The second kappa shape index (κ2) is 12.7. The van der Waals surface area contributed by atoms with Crippen molar-refractivity contribution in [1.82, 2.24) is 9.97 Å². The van der Waals surface area contributed by atoms with Gasteiger partial charge < -0.3 is 14.8 Å². The summed E-state index contributed by atoms with van der Waals surface area (Å²) in [5.74, 6) is 0.294. The predicted octanol–water partition coefficient (Wildman–Crippen LogP) is 6.41. The SMILES string of the molecule is CCOC(=O)[C@H]1CC[C@H](CNc2nc(C)c(-c3cnc(OC)c(S(=O)(=O)Nc4ccc(Cl)cc4Cl)c3)s2)CC1. The van der Waals surface area contributed by atoms with Gasteiger partial charge in [0, 0.05) is 23.3 Å². The molecule has 1 aromatic carbocycles. The zero-order chi connectivity index (χ0) is 28.2. The van der Waals surface area contributed by atoms with Crippen LogP contribution in [0.15, 0.2) is 35.4 Å². The molecule has 2 heterocycles. The number of ether oxygens (including phenoxy) is 2. The summed E-state index contributed by atoms with van der Waals surface area (Å²) < 4.78 is 39.5. The Morgan fingerprint density at radius 3 is 2.59 bits per heavy atom. The maximum Gasteiger partial charge on any atom is 0.308 e. The van der Waals surface area contributed by atoms with Crippen LogP contribution in [0.25, 0.3) is 10.4 Å². The van der Waals surface area contributed by atoms with Crippen LogP contribution in [-0.2, 0) is 19.6 Å². The molecule has 0 spiro atoms. The molecule has 1 fully saturated rings. The Morgan fingerprint density at radius 2 is 1.92 bits per heavy atom. The van der Waals surface area contributed by atoms with Crippen LogP contribution in [0.2, 0.25) is 10.0 Å². The van der Waals surface area contributed by atoms with E-state index in [9.17, 15) is 13.2 Å². The Labute approximate surface area is 242 Å². The van der Waals surface area contributed by atoms with E-state index >= 15 is 0 Å². The van der Waals surface area contributed by atoms with Crippen molar-refractivity contribution >= 4 is 61.4 Å². The number of hydrogen-bond donors (Lipinski definition) is 2. The molecule has 13 heteroatoms. The van der Waals surface area contributed by atoms with Crippen LogP contribution in [0, 0.1) is 18.8 Å². The van der Waals surface area contributed by atoms with Crippen LogP contribution in [0.5, 0.6) is 5.88 Å². The molecule has 0 unspecified atom stereocenters. The van der Waals surface area contributed by atoms with Crippen molar-refractivity contribution < 1.29 is 22.7 Å². The first-order chi connectivity index (χ1) is 18.6. The van der Waals surface area contributed by atoms with Gasteiger partial charge in [-0.15, -0.1) is 0 Å². The van der Waals surface area contributed by atoms with E-state index in [4.69, 9.17) is 32.7 Å². The number of nitrogens with one attached hydrogen (secondary N) is 2. The van der Waals surface area contributed by atoms with Gasteiger partial charge in [-0.2, -0.15) is 0 Å². The highest BCUT2D eigenvalue weighted by molar-refractivity contribution is 7.92. The number of nitrogens with zero attached hydrogens (tertiary/aromatic N) is 2. The van der Waals surface area contributed by atoms with Gasteiger partial charge in [0.25, 0.3) is 10.0 Å². The van der Waals surface area contributed by atoms with Gasteiger partial charge in [0.2, 0.25) is 5.88 Å². The minimum Gasteiger partial charge on any atom is -0.480 e. The molecule has 0 atom stereocenters. The average Bonchev–Trinajstić information content (AvgIpc) is 3.29. The summed E-state index contributed by atoms with van der Waals surface area (Å²) in [4.78, 5) is 21.5. The first kappa shape index (κ1) is 29.4. The highest BCUT2D eigenvalue weighted by atomic mass is 35.5. The van der Waals surface area contributed by atoms with Gasteiger partial charge in [0.05, 0.1) is 40.9 Å². The van der Waals surface area contributed by atoms with Crippen LogP contribution >= 0.6 is 34.5 Å². The molecule has 210 valence electrons. The lowest BCUT2D eigenvalue weighted by molar-refractivity contribution is -0.149. The lowest BCUT2D eigenvalue weighted by atomic mass is 9.82. The maximum atomic E-state index is 13.3. The molecular weight excluding hydrogens is 583 g/mol. The summed E-state index contributed by atoms with van der Waals surface area (Å²) in [6.07, 6.45) is 5.12. The molecule has 9 nitrogen and oxygen atoms in total. The first-order valence-electron chi connectivity index (χ1n) is 12.5. The Hall–Kier alpha value is -2.60. The van der Waals surface area contributed by atoms with Crippen LogP contribution in [-0.4, -0.2) is 44.6 Å². The van der Waals surface area contributed by atoms with Crippen molar-refractivity contribution in [2.45, 2.75) is 44.4 Å². The quantitative estimate of drug-likeness (QED) is 0.252. The van der Waals surface area contributed by atoms with Crippen molar-refractivity contribution in [3.63, 3.8) is 0 Å². The zero-order valence-corrected chi connectivity index (χ0v) is 24.9. The predicted molar refractivity (Wildman–Crippen MR) is 154 cm³/mol. The molecule has 0 bridgehead atoms. The Bertz CT molecular complexity index is 1440. The number of hydrogen-bond acceptors (Lipinski definition) is 9. The third-order valence-corrected chi connectivity index (χ3v) is 9.62. The van der Waals surface area contributed by atoms with E-state index in [-0.39, 0.29) is 33.4 Å². The topological polar surface area (TPSA) is 120 Å². The monoisotopic (exact) mass is 612 g/mol. The van der Waals surface area contributed by atoms with E-state index in [0.29, 0.717) is 23.1 Å².